The van der Waals surface area contributed by atoms with Gasteiger partial charge < -0.3 is 10.1 Å². The van der Waals surface area contributed by atoms with E-state index >= 15 is 0 Å². The maximum Gasteiger partial charge on any atom is 0.249 e. The Bertz CT molecular complexity index is 295. The monoisotopic (exact) mass is 253 g/mol. The third-order valence-corrected chi connectivity index (χ3v) is 2.90. The molecule has 3 heteroatoms. The maximum atomic E-state index is 11.6. The van der Waals surface area contributed by atoms with Crippen molar-refractivity contribution in [3.05, 3.63) is 24.8 Å². The fourth-order valence-electron chi connectivity index (χ4n) is 1.68. The van der Waals surface area contributed by atoms with Gasteiger partial charge in [-0.2, -0.15) is 0 Å². The predicted octanol–water partition coefficient (Wildman–Crippen LogP) is 3.08. The standard InChI is InChI=1S/C15H27NO2/c1-7-9-16-14(17)13(4)11-18-15(5,6)10-12(3)8-2/h7,12H,1,4,8-11H2,2-3,5-6H3,(H,16,17). The molecule has 0 rings (SSSR count). The summed E-state index contributed by atoms with van der Waals surface area (Å²) in [6.45, 7) is 16.5. The van der Waals surface area contributed by atoms with E-state index in [4.69, 9.17) is 4.74 Å². The third kappa shape index (κ3) is 7.28. The van der Waals surface area contributed by atoms with E-state index in [0.717, 1.165) is 12.8 Å². The Hall–Kier alpha value is -1.09. The van der Waals surface area contributed by atoms with Crippen LogP contribution < -0.4 is 5.32 Å². The van der Waals surface area contributed by atoms with Gasteiger partial charge >= 0.3 is 0 Å². The molecule has 0 radical (unpaired) electrons. The number of ether oxygens (including phenoxy) is 1. The molecule has 0 aliphatic carbocycles. The van der Waals surface area contributed by atoms with Gasteiger partial charge in [0.2, 0.25) is 5.91 Å². The van der Waals surface area contributed by atoms with E-state index in [1.54, 1.807) is 6.08 Å². The summed E-state index contributed by atoms with van der Waals surface area (Å²) in [7, 11) is 0. The van der Waals surface area contributed by atoms with Crippen LogP contribution in [0.2, 0.25) is 0 Å². The van der Waals surface area contributed by atoms with Gasteiger partial charge in [0.1, 0.15) is 0 Å². The average Bonchev–Trinajstić information content (AvgIpc) is 2.32. The number of hydrogen-bond acceptors (Lipinski definition) is 2. The highest BCUT2D eigenvalue weighted by molar-refractivity contribution is 5.93. The zero-order valence-electron chi connectivity index (χ0n) is 12.2. The summed E-state index contributed by atoms with van der Waals surface area (Å²) in [5.74, 6) is 0.442. The molecule has 0 bridgehead atoms. The Morgan fingerprint density at radius 2 is 2.11 bits per heavy atom. The van der Waals surface area contributed by atoms with Crippen molar-refractivity contribution < 1.29 is 9.53 Å². The molecule has 0 spiro atoms. The SMILES string of the molecule is C=CCNC(=O)C(=C)COC(C)(C)CC(C)CC. The van der Waals surface area contributed by atoms with Crippen molar-refractivity contribution in [2.45, 2.75) is 46.1 Å². The van der Waals surface area contributed by atoms with Crippen molar-refractivity contribution in [2.75, 3.05) is 13.2 Å². The van der Waals surface area contributed by atoms with Gasteiger partial charge in [0.15, 0.2) is 0 Å². The largest absolute Gasteiger partial charge is 0.371 e. The first-order valence-electron chi connectivity index (χ1n) is 6.53. The smallest absolute Gasteiger partial charge is 0.249 e. The quantitative estimate of drug-likeness (QED) is 0.506. The zero-order valence-corrected chi connectivity index (χ0v) is 12.2. The van der Waals surface area contributed by atoms with Crippen LogP contribution in [0.15, 0.2) is 24.8 Å². The lowest BCUT2D eigenvalue weighted by Gasteiger charge is -2.28. The van der Waals surface area contributed by atoms with Gasteiger partial charge in [-0.3, -0.25) is 4.79 Å². The van der Waals surface area contributed by atoms with Crippen LogP contribution in [0.5, 0.6) is 0 Å². The first-order valence-corrected chi connectivity index (χ1v) is 6.53. The van der Waals surface area contributed by atoms with Crippen LogP contribution in [0.4, 0.5) is 0 Å². The van der Waals surface area contributed by atoms with Crippen molar-refractivity contribution >= 4 is 5.91 Å². The third-order valence-electron chi connectivity index (χ3n) is 2.90. The van der Waals surface area contributed by atoms with E-state index < -0.39 is 0 Å². The highest BCUT2D eigenvalue weighted by Crippen LogP contribution is 2.22. The highest BCUT2D eigenvalue weighted by Gasteiger charge is 2.22. The molecule has 0 aliphatic heterocycles. The second-order valence-corrected chi connectivity index (χ2v) is 5.37. The van der Waals surface area contributed by atoms with Crippen molar-refractivity contribution in [3.63, 3.8) is 0 Å². The zero-order chi connectivity index (χ0) is 14.2. The van der Waals surface area contributed by atoms with E-state index in [0.29, 0.717) is 18.0 Å². The fourth-order valence-corrected chi connectivity index (χ4v) is 1.68. The Balaban J connectivity index is 4.10. The molecule has 0 saturated carbocycles. The van der Waals surface area contributed by atoms with Crippen LogP contribution in [0, 0.1) is 5.92 Å². The topological polar surface area (TPSA) is 38.3 Å². The van der Waals surface area contributed by atoms with Crippen LogP contribution in [-0.4, -0.2) is 24.7 Å². The molecule has 1 N–H and O–H groups in total. The number of amides is 1. The Kier molecular flexibility index (Phi) is 7.60. The van der Waals surface area contributed by atoms with Gasteiger partial charge in [-0.05, 0) is 26.2 Å². The minimum absolute atomic E-state index is 0.172. The molecular formula is C15H27NO2. The van der Waals surface area contributed by atoms with E-state index in [9.17, 15) is 4.79 Å². The van der Waals surface area contributed by atoms with Crippen LogP contribution >= 0.6 is 0 Å². The van der Waals surface area contributed by atoms with Crippen molar-refractivity contribution in [1.82, 2.24) is 5.32 Å². The number of carbonyl (C=O) groups is 1. The Morgan fingerprint density at radius 1 is 1.50 bits per heavy atom. The van der Waals surface area contributed by atoms with Crippen LogP contribution in [0.25, 0.3) is 0 Å². The Labute approximate surface area is 111 Å². The lowest BCUT2D eigenvalue weighted by atomic mass is 9.93. The first kappa shape index (κ1) is 16.9. The van der Waals surface area contributed by atoms with E-state index in [1.807, 2.05) is 13.8 Å². The van der Waals surface area contributed by atoms with Gasteiger partial charge in [-0.25, -0.2) is 0 Å². The minimum atomic E-state index is -0.225. The van der Waals surface area contributed by atoms with Gasteiger partial charge in [0.05, 0.1) is 12.2 Å². The molecule has 3 nitrogen and oxygen atoms in total. The maximum absolute atomic E-state index is 11.6. The van der Waals surface area contributed by atoms with Crippen molar-refractivity contribution in [2.24, 2.45) is 5.92 Å². The molecule has 1 unspecified atom stereocenters. The lowest BCUT2D eigenvalue weighted by molar-refractivity contribution is -0.118. The summed E-state index contributed by atoms with van der Waals surface area (Å²) in [6.07, 6.45) is 3.75. The lowest BCUT2D eigenvalue weighted by Crippen LogP contribution is -2.31. The Morgan fingerprint density at radius 3 is 2.61 bits per heavy atom. The molecule has 0 aliphatic rings. The highest BCUT2D eigenvalue weighted by atomic mass is 16.5. The molecule has 18 heavy (non-hydrogen) atoms. The second kappa shape index (κ2) is 8.09. The van der Waals surface area contributed by atoms with Crippen LogP contribution in [-0.2, 0) is 9.53 Å². The van der Waals surface area contributed by atoms with Gasteiger partial charge in [0, 0.05) is 12.1 Å². The molecule has 0 aromatic carbocycles. The van der Waals surface area contributed by atoms with Gasteiger partial charge in [-0.15, -0.1) is 6.58 Å². The molecule has 0 aromatic heterocycles. The van der Waals surface area contributed by atoms with Gasteiger partial charge in [0.25, 0.3) is 0 Å². The normalized spacial score (nSPS) is 12.9. The average molecular weight is 253 g/mol. The van der Waals surface area contributed by atoms with E-state index in [-0.39, 0.29) is 18.1 Å². The minimum Gasteiger partial charge on any atom is -0.371 e. The fraction of sp³-hybridized carbons (Fsp3) is 0.667. The number of rotatable bonds is 9. The summed E-state index contributed by atoms with van der Waals surface area (Å²) < 4.78 is 5.78. The molecule has 1 atom stereocenters. The molecular weight excluding hydrogens is 226 g/mol. The summed E-state index contributed by atoms with van der Waals surface area (Å²) in [4.78, 5) is 11.6. The van der Waals surface area contributed by atoms with Crippen LogP contribution in [0.3, 0.4) is 0 Å². The number of hydrogen-bond donors (Lipinski definition) is 1. The number of nitrogens with one attached hydrogen (secondary N) is 1. The molecule has 0 fully saturated rings. The molecule has 104 valence electrons. The van der Waals surface area contributed by atoms with Gasteiger partial charge in [-0.1, -0.05) is 32.9 Å². The van der Waals surface area contributed by atoms with Crippen molar-refractivity contribution in [1.29, 1.82) is 0 Å². The molecule has 0 aromatic rings. The van der Waals surface area contributed by atoms with Crippen molar-refractivity contribution in [3.8, 4) is 0 Å². The number of carbonyl (C=O) groups excluding carboxylic acids is 1. The summed E-state index contributed by atoms with van der Waals surface area (Å²) in [5, 5.41) is 2.68. The summed E-state index contributed by atoms with van der Waals surface area (Å²) in [6, 6.07) is 0. The predicted molar refractivity (Wildman–Crippen MR) is 76.4 cm³/mol. The first-order chi connectivity index (χ1) is 8.32. The molecule has 0 saturated heterocycles. The second-order valence-electron chi connectivity index (χ2n) is 5.37. The van der Waals surface area contributed by atoms with Crippen LogP contribution in [0.1, 0.15) is 40.5 Å². The summed E-state index contributed by atoms with van der Waals surface area (Å²) >= 11 is 0. The molecule has 1 amide bonds. The van der Waals surface area contributed by atoms with E-state index in [1.165, 1.54) is 0 Å². The molecule has 0 heterocycles. The van der Waals surface area contributed by atoms with E-state index in [2.05, 4.69) is 32.3 Å². The summed E-state index contributed by atoms with van der Waals surface area (Å²) in [5.41, 5.74) is 0.228.